The highest BCUT2D eigenvalue weighted by atomic mass is 16.3. The summed E-state index contributed by atoms with van der Waals surface area (Å²) in [5, 5.41) is 14.5. The molecule has 2 N–H and O–H groups in total. The zero-order chi connectivity index (χ0) is 11.8. The van der Waals surface area contributed by atoms with E-state index in [9.17, 15) is 5.11 Å². The smallest absolute Gasteiger partial charge is 0.133 e. The minimum Gasteiger partial charge on any atom is -0.464 e. The van der Waals surface area contributed by atoms with Gasteiger partial charge in [-0.15, -0.1) is 0 Å². The molecule has 0 aliphatic heterocycles. The number of likely N-dealkylation sites (N-methyl/N-ethyl adjacent to an activating group) is 1. The van der Waals surface area contributed by atoms with Gasteiger partial charge in [0.25, 0.3) is 0 Å². The largest absolute Gasteiger partial charge is 0.464 e. The Morgan fingerprint density at radius 2 is 2.12 bits per heavy atom. The summed E-state index contributed by atoms with van der Waals surface area (Å²) in [6.07, 6.45) is 1.66. The number of rotatable bonds is 3. The third-order valence-corrected chi connectivity index (χ3v) is 3.31. The van der Waals surface area contributed by atoms with Crippen LogP contribution in [-0.2, 0) is 5.60 Å². The van der Waals surface area contributed by atoms with Crippen LogP contribution in [-0.4, -0.2) is 18.2 Å². The maximum Gasteiger partial charge on any atom is 0.133 e. The summed E-state index contributed by atoms with van der Waals surface area (Å²) in [7, 11) is 1.84. The van der Waals surface area contributed by atoms with Crippen molar-refractivity contribution >= 4 is 11.0 Å². The molecule has 3 nitrogen and oxygen atoms in total. The first-order chi connectivity index (χ1) is 7.55. The molecule has 2 atom stereocenters. The lowest BCUT2D eigenvalue weighted by Crippen LogP contribution is -2.42. The lowest BCUT2D eigenvalue weighted by Gasteiger charge is -2.30. The van der Waals surface area contributed by atoms with Crippen LogP contribution < -0.4 is 5.32 Å². The van der Waals surface area contributed by atoms with E-state index in [1.807, 2.05) is 45.2 Å². The van der Waals surface area contributed by atoms with Gasteiger partial charge in [-0.3, -0.25) is 0 Å². The second-order valence-electron chi connectivity index (χ2n) is 4.33. The molecule has 0 saturated heterocycles. The molecule has 3 heteroatoms. The van der Waals surface area contributed by atoms with Crippen LogP contribution in [0.2, 0.25) is 0 Å². The Labute approximate surface area is 95.1 Å². The maximum atomic E-state index is 10.5. The van der Waals surface area contributed by atoms with Crippen molar-refractivity contribution in [1.82, 2.24) is 5.32 Å². The third kappa shape index (κ3) is 1.72. The molecule has 2 unspecified atom stereocenters. The number of nitrogens with one attached hydrogen (secondary N) is 1. The van der Waals surface area contributed by atoms with Gasteiger partial charge in [0.2, 0.25) is 0 Å². The van der Waals surface area contributed by atoms with E-state index in [0.717, 1.165) is 16.5 Å². The Kier molecular flexibility index (Phi) is 2.74. The quantitative estimate of drug-likeness (QED) is 0.832. The van der Waals surface area contributed by atoms with Gasteiger partial charge in [-0.05, 0) is 44.7 Å². The Bertz CT molecular complexity index is 487. The van der Waals surface area contributed by atoms with Crippen molar-refractivity contribution in [3.8, 4) is 0 Å². The van der Waals surface area contributed by atoms with E-state index in [2.05, 4.69) is 5.32 Å². The van der Waals surface area contributed by atoms with Crippen LogP contribution in [0.3, 0.4) is 0 Å². The highest BCUT2D eigenvalue weighted by Crippen LogP contribution is 2.27. The zero-order valence-electron chi connectivity index (χ0n) is 9.82. The van der Waals surface area contributed by atoms with Crippen LogP contribution >= 0.6 is 0 Å². The van der Waals surface area contributed by atoms with E-state index in [4.69, 9.17) is 4.42 Å². The van der Waals surface area contributed by atoms with Crippen molar-refractivity contribution in [2.45, 2.75) is 25.5 Å². The summed E-state index contributed by atoms with van der Waals surface area (Å²) >= 11 is 0. The van der Waals surface area contributed by atoms with Crippen LogP contribution in [0.1, 0.15) is 19.4 Å². The molecule has 1 heterocycles. The zero-order valence-corrected chi connectivity index (χ0v) is 9.82. The van der Waals surface area contributed by atoms with E-state index in [1.54, 1.807) is 6.26 Å². The fraction of sp³-hybridized carbons (Fsp3) is 0.385. The Morgan fingerprint density at radius 3 is 2.81 bits per heavy atom. The molecule has 2 rings (SSSR count). The lowest BCUT2D eigenvalue weighted by molar-refractivity contribution is 0.0243. The number of furan rings is 1. The average Bonchev–Trinajstić information content (AvgIpc) is 2.74. The topological polar surface area (TPSA) is 45.4 Å². The van der Waals surface area contributed by atoms with Gasteiger partial charge in [0.15, 0.2) is 0 Å². The molecule has 0 spiro atoms. The Morgan fingerprint density at radius 1 is 1.38 bits per heavy atom. The van der Waals surface area contributed by atoms with Crippen molar-refractivity contribution in [3.05, 3.63) is 36.1 Å². The molecule has 1 aromatic carbocycles. The summed E-state index contributed by atoms with van der Waals surface area (Å²) in [5.41, 5.74) is 0.847. The molecular weight excluding hydrogens is 202 g/mol. The van der Waals surface area contributed by atoms with Gasteiger partial charge in [-0.2, -0.15) is 0 Å². The molecule has 0 amide bonds. The summed E-state index contributed by atoms with van der Waals surface area (Å²) < 4.78 is 5.28. The first kappa shape index (κ1) is 11.2. The van der Waals surface area contributed by atoms with E-state index in [1.165, 1.54) is 0 Å². The van der Waals surface area contributed by atoms with Gasteiger partial charge >= 0.3 is 0 Å². The van der Waals surface area contributed by atoms with Gasteiger partial charge in [0.05, 0.1) is 6.26 Å². The van der Waals surface area contributed by atoms with Crippen molar-refractivity contribution in [1.29, 1.82) is 0 Å². The van der Waals surface area contributed by atoms with E-state index >= 15 is 0 Å². The minimum absolute atomic E-state index is 0.0168. The van der Waals surface area contributed by atoms with E-state index < -0.39 is 5.60 Å². The predicted molar refractivity (Wildman–Crippen MR) is 64.3 cm³/mol. The van der Waals surface area contributed by atoms with Gasteiger partial charge in [0, 0.05) is 11.4 Å². The van der Waals surface area contributed by atoms with Crippen molar-refractivity contribution < 1.29 is 9.52 Å². The molecule has 0 bridgehead atoms. The number of fused-ring (bicyclic) bond motifs is 1. The SMILES string of the molecule is CNC(C)C(C)(O)c1ccc2occc2c1. The average molecular weight is 219 g/mol. The molecule has 0 saturated carbocycles. The third-order valence-electron chi connectivity index (χ3n) is 3.31. The van der Waals surface area contributed by atoms with Crippen LogP contribution in [0.15, 0.2) is 34.9 Å². The second-order valence-corrected chi connectivity index (χ2v) is 4.33. The summed E-state index contributed by atoms with van der Waals surface area (Å²) in [6.45, 7) is 3.77. The fourth-order valence-electron chi connectivity index (χ4n) is 1.81. The summed E-state index contributed by atoms with van der Waals surface area (Å²) in [5.74, 6) is 0. The molecular formula is C13H17NO2. The lowest BCUT2D eigenvalue weighted by atomic mass is 9.88. The molecule has 86 valence electrons. The molecule has 0 fully saturated rings. The van der Waals surface area contributed by atoms with Crippen molar-refractivity contribution in [3.63, 3.8) is 0 Å². The molecule has 2 aromatic rings. The monoisotopic (exact) mass is 219 g/mol. The number of aliphatic hydroxyl groups is 1. The van der Waals surface area contributed by atoms with Gasteiger partial charge < -0.3 is 14.8 Å². The maximum absolute atomic E-state index is 10.5. The van der Waals surface area contributed by atoms with Crippen LogP contribution in [0.25, 0.3) is 11.0 Å². The first-order valence-corrected chi connectivity index (χ1v) is 5.43. The molecule has 0 aliphatic rings. The van der Waals surface area contributed by atoms with Gasteiger partial charge in [-0.25, -0.2) is 0 Å². The Hall–Kier alpha value is -1.32. The van der Waals surface area contributed by atoms with E-state index in [-0.39, 0.29) is 6.04 Å². The van der Waals surface area contributed by atoms with Crippen LogP contribution in [0, 0.1) is 0 Å². The van der Waals surface area contributed by atoms with Crippen LogP contribution in [0.4, 0.5) is 0 Å². The van der Waals surface area contributed by atoms with Gasteiger partial charge in [-0.1, -0.05) is 6.07 Å². The van der Waals surface area contributed by atoms with Crippen molar-refractivity contribution in [2.24, 2.45) is 0 Å². The highest BCUT2D eigenvalue weighted by molar-refractivity contribution is 5.78. The molecule has 0 radical (unpaired) electrons. The van der Waals surface area contributed by atoms with Crippen molar-refractivity contribution in [2.75, 3.05) is 7.05 Å². The standard InChI is InChI=1S/C13H17NO2/c1-9(14-3)13(2,15)11-4-5-12-10(8-11)6-7-16-12/h4-9,14-15H,1-3H3. The fourth-order valence-corrected chi connectivity index (χ4v) is 1.81. The summed E-state index contributed by atoms with van der Waals surface area (Å²) in [6, 6.07) is 7.64. The minimum atomic E-state index is -0.889. The number of benzene rings is 1. The Balaban J connectivity index is 2.45. The van der Waals surface area contributed by atoms with E-state index in [0.29, 0.717) is 0 Å². The predicted octanol–water partition coefficient (Wildman–Crippen LogP) is 2.25. The normalized spacial score (nSPS) is 17.2. The second kappa shape index (κ2) is 3.92. The molecule has 1 aromatic heterocycles. The molecule has 0 aliphatic carbocycles. The summed E-state index contributed by atoms with van der Waals surface area (Å²) in [4.78, 5) is 0. The first-order valence-electron chi connectivity index (χ1n) is 5.43. The van der Waals surface area contributed by atoms with Gasteiger partial charge in [0.1, 0.15) is 11.2 Å². The van der Waals surface area contributed by atoms with Crippen LogP contribution in [0.5, 0.6) is 0 Å². The number of hydrogen-bond donors (Lipinski definition) is 2. The number of hydrogen-bond acceptors (Lipinski definition) is 3. The highest BCUT2D eigenvalue weighted by Gasteiger charge is 2.29. The molecule has 16 heavy (non-hydrogen) atoms.